The molecule has 0 bridgehead atoms. The first kappa shape index (κ1) is 13.2. The zero-order valence-corrected chi connectivity index (χ0v) is 12.7. The van der Waals surface area contributed by atoms with Crippen LogP contribution in [0.3, 0.4) is 0 Å². The molecule has 1 aromatic heterocycles. The van der Waals surface area contributed by atoms with Crippen LogP contribution in [0.4, 0.5) is 4.39 Å². The monoisotopic (exact) mass is 340 g/mol. The molecule has 0 aliphatic heterocycles. The molecule has 2 N–H and O–H groups in total. The van der Waals surface area contributed by atoms with Gasteiger partial charge in [0, 0.05) is 27.4 Å². The average molecular weight is 341 g/mol. The van der Waals surface area contributed by atoms with E-state index in [1.165, 1.54) is 10.9 Å². The lowest BCUT2D eigenvalue weighted by atomic mass is 9.91. The number of nitrogens with zero attached hydrogens (tertiary/aromatic N) is 1. The number of nitrogens with two attached hydrogens (primary N) is 1. The molecule has 0 spiro atoms. The smallest absolute Gasteiger partial charge is 0.134 e. The van der Waals surface area contributed by atoms with Gasteiger partial charge in [0.05, 0.1) is 5.69 Å². The van der Waals surface area contributed by atoms with Gasteiger partial charge >= 0.3 is 0 Å². The molecule has 0 saturated heterocycles. The molecule has 0 radical (unpaired) electrons. The molecular weight excluding hydrogens is 327 g/mol. The Kier molecular flexibility index (Phi) is 3.69. The molecule has 2 nitrogen and oxygen atoms in total. The molecule has 2 aromatic rings. The van der Waals surface area contributed by atoms with Crippen molar-refractivity contribution in [2.75, 3.05) is 6.54 Å². The normalized spacial score (nSPS) is 18.4. The second-order valence-electron chi connectivity index (χ2n) is 4.78. The summed E-state index contributed by atoms with van der Waals surface area (Å²) >= 11 is 4.88. The van der Waals surface area contributed by atoms with Crippen molar-refractivity contribution in [1.82, 2.24) is 4.98 Å². The summed E-state index contributed by atoms with van der Waals surface area (Å²) in [4.78, 5) is 5.92. The highest BCUT2D eigenvalue weighted by molar-refractivity contribution is 9.10. The van der Waals surface area contributed by atoms with Crippen LogP contribution in [0.2, 0.25) is 0 Å². The van der Waals surface area contributed by atoms with Crippen molar-refractivity contribution in [2.24, 2.45) is 5.73 Å². The number of aromatic nitrogens is 1. The Balaban J connectivity index is 2.05. The van der Waals surface area contributed by atoms with Crippen molar-refractivity contribution < 1.29 is 4.39 Å². The SMILES string of the molecule is NCC1CCCc2sc(-c3ccc(Br)cc3F)nc21. The highest BCUT2D eigenvalue weighted by Crippen LogP contribution is 2.38. The van der Waals surface area contributed by atoms with Crippen LogP contribution in [-0.4, -0.2) is 11.5 Å². The molecule has 1 unspecified atom stereocenters. The lowest BCUT2D eigenvalue weighted by molar-refractivity contribution is 0.554. The number of aryl methyl sites for hydroxylation is 1. The van der Waals surface area contributed by atoms with E-state index in [0.29, 0.717) is 18.0 Å². The van der Waals surface area contributed by atoms with Gasteiger partial charge in [0.1, 0.15) is 10.8 Å². The van der Waals surface area contributed by atoms with Gasteiger partial charge in [-0.3, -0.25) is 0 Å². The van der Waals surface area contributed by atoms with Crippen molar-refractivity contribution in [3.8, 4) is 10.6 Å². The Morgan fingerprint density at radius 2 is 2.32 bits per heavy atom. The van der Waals surface area contributed by atoms with E-state index in [4.69, 9.17) is 5.73 Å². The Morgan fingerprint density at radius 3 is 3.05 bits per heavy atom. The van der Waals surface area contributed by atoms with E-state index in [1.807, 2.05) is 6.07 Å². The number of rotatable bonds is 2. The van der Waals surface area contributed by atoms with Gasteiger partial charge in [0.2, 0.25) is 0 Å². The quantitative estimate of drug-likeness (QED) is 0.894. The minimum atomic E-state index is -0.232. The molecule has 5 heteroatoms. The van der Waals surface area contributed by atoms with Gasteiger partial charge in [-0.05, 0) is 37.5 Å². The van der Waals surface area contributed by atoms with Gasteiger partial charge in [-0.25, -0.2) is 9.37 Å². The number of hydrogen-bond acceptors (Lipinski definition) is 3. The first-order chi connectivity index (χ1) is 9.19. The molecule has 19 heavy (non-hydrogen) atoms. The van der Waals surface area contributed by atoms with Crippen LogP contribution in [0.1, 0.15) is 29.3 Å². The summed E-state index contributed by atoms with van der Waals surface area (Å²) in [7, 11) is 0. The molecule has 3 rings (SSSR count). The number of fused-ring (bicyclic) bond motifs is 1. The zero-order valence-electron chi connectivity index (χ0n) is 10.3. The first-order valence-corrected chi connectivity index (χ1v) is 7.95. The highest BCUT2D eigenvalue weighted by atomic mass is 79.9. The van der Waals surface area contributed by atoms with Crippen LogP contribution < -0.4 is 5.73 Å². The van der Waals surface area contributed by atoms with E-state index < -0.39 is 0 Å². The number of hydrogen-bond donors (Lipinski definition) is 1. The number of thiazole rings is 1. The zero-order chi connectivity index (χ0) is 13.4. The fraction of sp³-hybridized carbons (Fsp3) is 0.357. The third kappa shape index (κ3) is 2.47. The molecule has 0 fully saturated rings. The maximum atomic E-state index is 14.0. The highest BCUT2D eigenvalue weighted by Gasteiger charge is 2.24. The number of benzene rings is 1. The van der Waals surface area contributed by atoms with Gasteiger partial charge in [-0.15, -0.1) is 11.3 Å². The van der Waals surface area contributed by atoms with Crippen molar-refractivity contribution in [1.29, 1.82) is 0 Å². The van der Waals surface area contributed by atoms with E-state index in [1.54, 1.807) is 17.4 Å². The molecule has 1 heterocycles. The molecule has 1 aliphatic rings. The van der Waals surface area contributed by atoms with Crippen LogP contribution in [0, 0.1) is 5.82 Å². The number of halogens is 2. The summed E-state index contributed by atoms with van der Waals surface area (Å²) in [5.74, 6) is 0.108. The molecule has 0 amide bonds. The molecule has 0 saturated carbocycles. The first-order valence-electron chi connectivity index (χ1n) is 6.34. The summed E-state index contributed by atoms with van der Waals surface area (Å²) in [6.07, 6.45) is 3.29. The van der Waals surface area contributed by atoms with Gasteiger partial charge in [0.15, 0.2) is 0 Å². The summed E-state index contributed by atoms with van der Waals surface area (Å²) < 4.78 is 14.7. The Labute approximate surface area is 124 Å². The second-order valence-corrected chi connectivity index (χ2v) is 6.78. The standard InChI is InChI=1S/C14H14BrFN2S/c15-9-4-5-10(11(16)6-9)14-18-13-8(7-17)2-1-3-12(13)19-14/h4-6,8H,1-3,7,17H2. The van der Waals surface area contributed by atoms with Crippen LogP contribution in [0.15, 0.2) is 22.7 Å². The van der Waals surface area contributed by atoms with E-state index in [-0.39, 0.29) is 5.82 Å². The van der Waals surface area contributed by atoms with Crippen LogP contribution in [-0.2, 0) is 6.42 Å². The van der Waals surface area contributed by atoms with Crippen LogP contribution in [0.5, 0.6) is 0 Å². The summed E-state index contributed by atoms with van der Waals surface area (Å²) in [5.41, 5.74) is 7.48. The largest absolute Gasteiger partial charge is 0.330 e. The predicted molar refractivity (Wildman–Crippen MR) is 79.9 cm³/mol. The summed E-state index contributed by atoms with van der Waals surface area (Å²) in [5, 5.41) is 0.773. The summed E-state index contributed by atoms with van der Waals surface area (Å²) in [6.45, 7) is 0.624. The third-order valence-corrected chi connectivity index (χ3v) is 5.17. The molecule has 1 aliphatic carbocycles. The van der Waals surface area contributed by atoms with Gasteiger partial charge in [-0.2, -0.15) is 0 Å². The third-order valence-electron chi connectivity index (χ3n) is 3.52. The van der Waals surface area contributed by atoms with Crippen molar-refractivity contribution in [3.05, 3.63) is 39.1 Å². The Bertz CT molecular complexity index is 611. The molecule has 100 valence electrons. The maximum absolute atomic E-state index is 14.0. The lowest BCUT2D eigenvalue weighted by Gasteiger charge is -2.18. The predicted octanol–water partition coefficient (Wildman–Crippen LogP) is 4.09. The fourth-order valence-corrected chi connectivity index (χ4v) is 4.06. The van der Waals surface area contributed by atoms with E-state index in [0.717, 1.165) is 34.4 Å². The van der Waals surface area contributed by atoms with E-state index >= 15 is 0 Å². The van der Waals surface area contributed by atoms with Gasteiger partial charge in [0.25, 0.3) is 0 Å². The average Bonchev–Trinajstić information content (AvgIpc) is 2.81. The van der Waals surface area contributed by atoms with Gasteiger partial charge in [-0.1, -0.05) is 15.9 Å². The second kappa shape index (κ2) is 5.31. The van der Waals surface area contributed by atoms with Crippen LogP contribution in [0.25, 0.3) is 10.6 Å². The Morgan fingerprint density at radius 1 is 1.47 bits per heavy atom. The van der Waals surface area contributed by atoms with Crippen molar-refractivity contribution in [2.45, 2.75) is 25.2 Å². The van der Waals surface area contributed by atoms with Gasteiger partial charge < -0.3 is 5.73 Å². The Hall–Kier alpha value is -0.780. The maximum Gasteiger partial charge on any atom is 0.134 e. The van der Waals surface area contributed by atoms with E-state index in [2.05, 4.69) is 20.9 Å². The van der Waals surface area contributed by atoms with E-state index in [9.17, 15) is 4.39 Å². The van der Waals surface area contributed by atoms with Crippen LogP contribution >= 0.6 is 27.3 Å². The fourth-order valence-electron chi connectivity index (χ4n) is 2.51. The van der Waals surface area contributed by atoms with Crippen molar-refractivity contribution in [3.63, 3.8) is 0 Å². The minimum Gasteiger partial charge on any atom is -0.330 e. The summed E-state index contributed by atoms with van der Waals surface area (Å²) in [6, 6.07) is 5.11. The lowest BCUT2D eigenvalue weighted by Crippen LogP contribution is -2.17. The molecular formula is C14H14BrFN2S. The molecule has 1 atom stereocenters. The van der Waals surface area contributed by atoms with Crippen molar-refractivity contribution >= 4 is 27.3 Å². The molecule has 1 aromatic carbocycles. The topological polar surface area (TPSA) is 38.9 Å². The minimum absolute atomic E-state index is 0.232.